The third-order valence-electron chi connectivity index (χ3n) is 4.26. The quantitative estimate of drug-likeness (QED) is 0.469. The van der Waals surface area contributed by atoms with E-state index in [1.165, 1.54) is 18.2 Å². The third-order valence-corrected chi connectivity index (χ3v) is 8.01. The molecule has 0 amide bonds. The molecule has 9 nitrogen and oxygen atoms in total. The van der Waals surface area contributed by atoms with Gasteiger partial charge in [0.1, 0.15) is 11.5 Å². The Labute approximate surface area is 153 Å². The van der Waals surface area contributed by atoms with Gasteiger partial charge in [0.15, 0.2) is 5.78 Å². The molecule has 0 aromatic heterocycles. The van der Waals surface area contributed by atoms with Crippen molar-refractivity contribution in [1.82, 2.24) is 0 Å². The van der Waals surface area contributed by atoms with E-state index in [-0.39, 0.29) is 29.1 Å². The number of aliphatic hydroxyl groups is 1. The van der Waals surface area contributed by atoms with Crippen molar-refractivity contribution in [2.75, 3.05) is 0 Å². The van der Waals surface area contributed by atoms with Gasteiger partial charge in [-0.1, -0.05) is 24.3 Å². The van der Waals surface area contributed by atoms with E-state index in [1.54, 1.807) is 24.3 Å². The summed E-state index contributed by atoms with van der Waals surface area (Å²) < 4.78 is 28.7. The molecule has 0 unspecified atom stereocenters. The number of carbonyl (C=O) groups excluding carboxylic acids is 1. The van der Waals surface area contributed by atoms with E-state index in [1.807, 2.05) is 0 Å². The van der Waals surface area contributed by atoms with Crippen LogP contribution in [0.2, 0.25) is 0 Å². The van der Waals surface area contributed by atoms with Crippen LogP contribution in [0.1, 0.15) is 21.5 Å². The van der Waals surface area contributed by atoms with Gasteiger partial charge in [-0.05, 0) is 23.8 Å². The van der Waals surface area contributed by atoms with Crippen LogP contribution < -0.4 is 4.74 Å². The minimum Gasteiger partial charge on any atom is -0.456 e. The molecule has 1 aliphatic heterocycles. The van der Waals surface area contributed by atoms with E-state index in [4.69, 9.17) is 4.74 Å². The number of ketones is 1. The Morgan fingerprint density at radius 3 is 2.22 bits per heavy atom. The molecule has 0 aliphatic carbocycles. The van der Waals surface area contributed by atoms with E-state index in [0.717, 1.165) is 0 Å². The van der Waals surface area contributed by atoms with Crippen molar-refractivity contribution in [3.8, 4) is 11.5 Å². The lowest BCUT2D eigenvalue weighted by Crippen LogP contribution is -2.31. The zero-order valence-corrected chi connectivity index (χ0v) is 15.5. The molecule has 0 atom stereocenters. The summed E-state index contributed by atoms with van der Waals surface area (Å²) in [6.45, 7) is 0. The number of rotatable bonds is 4. The molecule has 144 valence electrons. The zero-order chi connectivity index (χ0) is 20.0. The lowest BCUT2D eigenvalue weighted by molar-refractivity contribution is 0.0993. The number of benzene rings is 2. The second kappa shape index (κ2) is 6.65. The Hall–Kier alpha value is -1.83. The van der Waals surface area contributed by atoms with Gasteiger partial charge in [-0.2, -0.15) is 0 Å². The standard InChI is InChI=1S/C16H16O9P2/c17-13-8-11-3-1-2-4-14(11)25-15-6-5-10(7-12(13)15)9-16(18,26(19,20)21)27(22,23)24/h1-7,18H,8-9H2,(H2,19,20,21)(H2,22,23,24). The van der Waals surface area contributed by atoms with Gasteiger partial charge in [-0.15, -0.1) is 0 Å². The number of carbonyl (C=O) groups is 1. The lowest BCUT2D eigenvalue weighted by Gasteiger charge is -2.29. The molecule has 2 aromatic rings. The number of ether oxygens (including phenoxy) is 1. The SMILES string of the molecule is O=C1Cc2ccccc2Oc2ccc(CC(O)(P(=O)(O)O)P(=O)(O)O)cc21. The average molecular weight is 414 g/mol. The Kier molecular flexibility index (Phi) is 4.91. The van der Waals surface area contributed by atoms with Gasteiger partial charge in [0.05, 0.1) is 5.56 Å². The molecule has 0 bridgehead atoms. The molecule has 0 saturated carbocycles. The van der Waals surface area contributed by atoms with Crippen molar-refractivity contribution in [2.45, 2.75) is 17.9 Å². The summed E-state index contributed by atoms with van der Waals surface area (Å²) in [6.07, 6.45) is -1.02. The molecule has 3 rings (SSSR count). The first-order chi connectivity index (χ1) is 12.4. The van der Waals surface area contributed by atoms with Crippen LogP contribution in [0.15, 0.2) is 42.5 Å². The maximum absolute atomic E-state index is 12.5. The fraction of sp³-hybridized carbons (Fsp3) is 0.188. The van der Waals surface area contributed by atoms with Crippen LogP contribution in [0.5, 0.6) is 11.5 Å². The first-order valence-corrected chi connectivity index (χ1v) is 10.9. The Balaban J connectivity index is 2.02. The normalized spacial score (nSPS) is 14.8. The van der Waals surface area contributed by atoms with Crippen LogP contribution in [0.3, 0.4) is 0 Å². The Morgan fingerprint density at radius 1 is 0.963 bits per heavy atom. The van der Waals surface area contributed by atoms with Crippen molar-refractivity contribution in [1.29, 1.82) is 0 Å². The number of hydrogen-bond donors (Lipinski definition) is 5. The van der Waals surface area contributed by atoms with Crippen molar-refractivity contribution in [3.05, 3.63) is 59.2 Å². The van der Waals surface area contributed by atoms with Gasteiger partial charge in [-0.3, -0.25) is 13.9 Å². The highest BCUT2D eigenvalue weighted by atomic mass is 31.2. The minimum atomic E-state index is -5.60. The predicted molar refractivity (Wildman–Crippen MR) is 93.7 cm³/mol. The predicted octanol–water partition coefficient (Wildman–Crippen LogP) is 1.76. The van der Waals surface area contributed by atoms with Crippen molar-refractivity contribution in [3.63, 3.8) is 0 Å². The van der Waals surface area contributed by atoms with Gasteiger partial charge < -0.3 is 29.4 Å². The lowest BCUT2D eigenvalue weighted by atomic mass is 10.0. The van der Waals surface area contributed by atoms with Crippen LogP contribution in [0, 0.1) is 0 Å². The molecule has 1 aliphatic rings. The molecular weight excluding hydrogens is 398 g/mol. The van der Waals surface area contributed by atoms with Gasteiger partial charge in [-0.25, -0.2) is 0 Å². The smallest absolute Gasteiger partial charge is 0.369 e. The Bertz CT molecular complexity index is 983. The summed E-state index contributed by atoms with van der Waals surface area (Å²) in [5, 5.41) is 6.47. The maximum atomic E-state index is 12.5. The first-order valence-electron chi connectivity index (χ1n) is 7.68. The number of fused-ring (bicyclic) bond motifs is 2. The number of para-hydroxylation sites is 1. The van der Waals surface area contributed by atoms with Crippen molar-refractivity contribution < 1.29 is 43.3 Å². The number of Topliss-reactive ketones (excluding diaryl/α,β-unsaturated/α-hetero) is 1. The summed E-state index contributed by atoms with van der Waals surface area (Å²) in [5.41, 5.74) is 0.704. The van der Waals surface area contributed by atoms with Gasteiger partial charge >= 0.3 is 15.2 Å². The average Bonchev–Trinajstić information content (AvgIpc) is 2.69. The highest BCUT2D eigenvalue weighted by Gasteiger charge is 2.59. The molecule has 2 aromatic carbocycles. The van der Waals surface area contributed by atoms with E-state index < -0.39 is 26.7 Å². The molecule has 27 heavy (non-hydrogen) atoms. The highest BCUT2D eigenvalue weighted by molar-refractivity contribution is 7.72. The fourth-order valence-corrected chi connectivity index (χ4v) is 4.91. The molecule has 0 fully saturated rings. The topological polar surface area (TPSA) is 162 Å². The maximum Gasteiger partial charge on any atom is 0.369 e. The molecule has 0 radical (unpaired) electrons. The van der Waals surface area contributed by atoms with E-state index in [9.17, 15) is 38.6 Å². The molecular formula is C16H16O9P2. The molecule has 5 N–H and O–H groups in total. The van der Waals surface area contributed by atoms with Crippen LogP contribution in [-0.4, -0.2) is 35.5 Å². The molecule has 1 heterocycles. The van der Waals surface area contributed by atoms with Crippen LogP contribution in [0.25, 0.3) is 0 Å². The summed E-state index contributed by atoms with van der Waals surface area (Å²) in [6, 6.07) is 10.7. The van der Waals surface area contributed by atoms with E-state index >= 15 is 0 Å². The van der Waals surface area contributed by atoms with Gasteiger partial charge in [0, 0.05) is 18.4 Å². The summed E-state index contributed by atoms with van der Waals surface area (Å²) in [7, 11) is -11.2. The highest BCUT2D eigenvalue weighted by Crippen LogP contribution is 2.68. The second-order valence-corrected chi connectivity index (χ2v) is 10.2. The van der Waals surface area contributed by atoms with Crippen LogP contribution in [0.4, 0.5) is 0 Å². The molecule has 0 saturated heterocycles. The molecule has 11 heteroatoms. The largest absolute Gasteiger partial charge is 0.456 e. The van der Waals surface area contributed by atoms with Crippen LogP contribution in [-0.2, 0) is 22.0 Å². The minimum absolute atomic E-state index is 0.0217. The zero-order valence-electron chi connectivity index (χ0n) is 13.7. The second-order valence-electron chi connectivity index (χ2n) is 6.18. The fourth-order valence-electron chi connectivity index (χ4n) is 2.78. The number of hydrogen-bond acceptors (Lipinski definition) is 5. The van der Waals surface area contributed by atoms with Gasteiger partial charge in [0.2, 0.25) is 0 Å². The first kappa shape index (κ1) is 19.9. The van der Waals surface area contributed by atoms with Crippen molar-refractivity contribution >= 4 is 21.0 Å². The third kappa shape index (κ3) is 3.63. The van der Waals surface area contributed by atoms with Gasteiger partial charge in [0.25, 0.3) is 5.08 Å². The molecule has 0 spiro atoms. The van der Waals surface area contributed by atoms with E-state index in [0.29, 0.717) is 11.3 Å². The van der Waals surface area contributed by atoms with Crippen molar-refractivity contribution in [2.24, 2.45) is 0 Å². The summed E-state index contributed by atoms with van der Waals surface area (Å²) >= 11 is 0. The Morgan fingerprint density at radius 2 is 1.59 bits per heavy atom. The summed E-state index contributed by atoms with van der Waals surface area (Å²) in [4.78, 5) is 49.6. The van der Waals surface area contributed by atoms with E-state index in [2.05, 4.69) is 0 Å². The summed E-state index contributed by atoms with van der Waals surface area (Å²) in [5.74, 6) is 0.344. The van der Waals surface area contributed by atoms with Crippen LogP contribution >= 0.6 is 15.2 Å². The monoisotopic (exact) mass is 414 g/mol.